The average Bonchev–Trinajstić information content (AvgIpc) is 2.71. The zero-order valence-electron chi connectivity index (χ0n) is 7.20. The van der Waals surface area contributed by atoms with E-state index in [9.17, 15) is 4.79 Å². The van der Waals surface area contributed by atoms with E-state index in [-0.39, 0.29) is 5.78 Å². The molecule has 2 rings (SSSR count). The van der Waals surface area contributed by atoms with E-state index in [0.29, 0.717) is 11.1 Å². The van der Waals surface area contributed by atoms with Gasteiger partial charge in [0.25, 0.3) is 0 Å². The summed E-state index contributed by atoms with van der Waals surface area (Å²) >= 11 is 3.31. The monoisotopic (exact) mass is 250 g/mol. The molecular formula is C10H7BrN2O. The Morgan fingerprint density at radius 2 is 1.93 bits per heavy atom. The minimum absolute atomic E-state index is 0.0220. The van der Waals surface area contributed by atoms with Gasteiger partial charge in [-0.05, 0) is 24.3 Å². The van der Waals surface area contributed by atoms with Gasteiger partial charge in [0, 0.05) is 16.2 Å². The van der Waals surface area contributed by atoms with Crippen LogP contribution < -0.4 is 0 Å². The fraction of sp³-hybridized carbons (Fsp3) is 0. The number of hydrogen-bond donors (Lipinski definition) is 1. The largest absolute Gasteiger partial charge is 0.288 e. The van der Waals surface area contributed by atoms with Crippen LogP contribution in [0.15, 0.2) is 41.1 Å². The molecule has 1 N–H and O–H groups in total. The Balaban J connectivity index is 2.33. The van der Waals surface area contributed by atoms with Gasteiger partial charge < -0.3 is 0 Å². The highest BCUT2D eigenvalue weighted by Crippen LogP contribution is 2.13. The number of halogens is 1. The fourth-order valence-corrected chi connectivity index (χ4v) is 1.41. The molecule has 1 heterocycles. The molecule has 0 atom stereocenters. The highest BCUT2D eigenvalue weighted by molar-refractivity contribution is 9.10. The van der Waals surface area contributed by atoms with Crippen LogP contribution in [0.3, 0.4) is 0 Å². The van der Waals surface area contributed by atoms with E-state index < -0.39 is 0 Å². The van der Waals surface area contributed by atoms with Crippen LogP contribution in [0.25, 0.3) is 0 Å². The molecule has 0 fully saturated rings. The number of rotatable bonds is 2. The van der Waals surface area contributed by atoms with Gasteiger partial charge in [0.1, 0.15) is 0 Å². The summed E-state index contributed by atoms with van der Waals surface area (Å²) in [5.74, 6) is -0.0220. The zero-order valence-corrected chi connectivity index (χ0v) is 8.78. The van der Waals surface area contributed by atoms with E-state index in [1.165, 1.54) is 6.20 Å². The Hall–Kier alpha value is -1.42. The number of carbonyl (C=O) groups is 1. The van der Waals surface area contributed by atoms with Crippen molar-refractivity contribution in [1.82, 2.24) is 10.2 Å². The van der Waals surface area contributed by atoms with Crippen molar-refractivity contribution in [3.63, 3.8) is 0 Å². The number of H-pyrrole nitrogens is 1. The molecular weight excluding hydrogens is 244 g/mol. The Morgan fingerprint density at radius 1 is 1.21 bits per heavy atom. The molecule has 0 unspecified atom stereocenters. The van der Waals surface area contributed by atoms with Crippen molar-refractivity contribution in [3.8, 4) is 0 Å². The molecule has 0 bridgehead atoms. The maximum absolute atomic E-state index is 11.7. The molecule has 0 aliphatic heterocycles. The molecule has 3 nitrogen and oxygen atoms in total. The molecule has 0 radical (unpaired) electrons. The molecule has 70 valence electrons. The lowest BCUT2D eigenvalue weighted by molar-refractivity contribution is 0.103. The van der Waals surface area contributed by atoms with E-state index in [2.05, 4.69) is 26.1 Å². The molecule has 0 spiro atoms. The Labute approximate surface area is 89.3 Å². The topological polar surface area (TPSA) is 45.8 Å². The van der Waals surface area contributed by atoms with Crippen LogP contribution in [-0.2, 0) is 0 Å². The van der Waals surface area contributed by atoms with Crippen LogP contribution in [0.4, 0.5) is 0 Å². The van der Waals surface area contributed by atoms with Gasteiger partial charge in [-0.1, -0.05) is 15.9 Å². The van der Waals surface area contributed by atoms with Gasteiger partial charge >= 0.3 is 0 Å². The second kappa shape index (κ2) is 3.75. The summed E-state index contributed by atoms with van der Waals surface area (Å²) in [6.07, 6.45) is 3.11. The van der Waals surface area contributed by atoms with Crippen molar-refractivity contribution >= 4 is 21.7 Å². The predicted octanol–water partition coefficient (Wildman–Crippen LogP) is 2.40. The summed E-state index contributed by atoms with van der Waals surface area (Å²) in [5, 5.41) is 6.34. The molecule has 1 aromatic carbocycles. The molecule has 0 saturated carbocycles. The summed E-state index contributed by atoms with van der Waals surface area (Å²) in [6.45, 7) is 0. The number of ketones is 1. The van der Waals surface area contributed by atoms with Crippen LogP contribution >= 0.6 is 15.9 Å². The lowest BCUT2D eigenvalue weighted by Crippen LogP contribution is -1.98. The van der Waals surface area contributed by atoms with Crippen LogP contribution in [0.1, 0.15) is 15.9 Å². The molecule has 0 aliphatic rings. The number of nitrogens with zero attached hydrogens (tertiary/aromatic N) is 1. The van der Waals surface area contributed by atoms with Crippen molar-refractivity contribution in [1.29, 1.82) is 0 Å². The van der Waals surface area contributed by atoms with Gasteiger partial charge in [-0.3, -0.25) is 9.89 Å². The standard InChI is InChI=1S/C10H7BrN2O/c11-9-3-1-7(2-4-9)10(14)8-5-12-13-6-8/h1-6H,(H,12,13). The summed E-state index contributed by atoms with van der Waals surface area (Å²) in [7, 11) is 0. The average molecular weight is 251 g/mol. The van der Waals surface area contributed by atoms with E-state index in [1.807, 2.05) is 12.1 Å². The van der Waals surface area contributed by atoms with Gasteiger partial charge in [0.05, 0.1) is 11.8 Å². The number of carbonyl (C=O) groups excluding carboxylic acids is 1. The van der Waals surface area contributed by atoms with Crippen molar-refractivity contribution in [2.75, 3.05) is 0 Å². The second-order valence-electron chi connectivity index (χ2n) is 2.82. The van der Waals surface area contributed by atoms with Crippen LogP contribution in [0.2, 0.25) is 0 Å². The second-order valence-corrected chi connectivity index (χ2v) is 3.74. The van der Waals surface area contributed by atoms with E-state index >= 15 is 0 Å². The Kier molecular flexibility index (Phi) is 2.45. The number of aromatic amines is 1. The van der Waals surface area contributed by atoms with E-state index in [0.717, 1.165) is 4.47 Å². The highest BCUT2D eigenvalue weighted by Gasteiger charge is 2.08. The van der Waals surface area contributed by atoms with Gasteiger partial charge in [0.15, 0.2) is 5.78 Å². The van der Waals surface area contributed by atoms with Gasteiger partial charge in [-0.25, -0.2) is 0 Å². The molecule has 4 heteroatoms. The van der Waals surface area contributed by atoms with E-state index in [1.54, 1.807) is 18.3 Å². The minimum Gasteiger partial charge on any atom is -0.288 e. The summed E-state index contributed by atoms with van der Waals surface area (Å²) < 4.78 is 0.959. The maximum atomic E-state index is 11.7. The van der Waals surface area contributed by atoms with Gasteiger partial charge in [-0.15, -0.1) is 0 Å². The Bertz CT molecular complexity index is 434. The summed E-state index contributed by atoms with van der Waals surface area (Å²) in [4.78, 5) is 11.7. The molecule has 14 heavy (non-hydrogen) atoms. The normalized spacial score (nSPS) is 10.1. The fourth-order valence-electron chi connectivity index (χ4n) is 1.14. The van der Waals surface area contributed by atoms with Gasteiger partial charge in [-0.2, -0.15) is 5.10 Å². The minimum atomic E-state index is -0.0220. The smallest absolute Gasteiger partial charge is 0.196 e. The third-order valence-corrected chi connectivity index (χ3v) is 2.40. The number of benzene rings is 1. The zero-order chi connectivity index (χ0) is 9.97. The molecule has 0 saturated heterocycles. The van der Waals surface area contributed by atoms with Crippen LogP contribution in [0.5, 0.6) is 0 Å². The lowest BCUT2D eigenvalue weighted by Gasteiger charge is -1.97. The Morgan fingerprint density at radius 3 is 2.50 bits per heavy atom. The van der Waals surface area contributed by atoms with Crippen molar-refractivity contribution in [2.24, 2.45) is 0 Å². The van der Waals surface area contributed by atoms with Crippen molar-refractivity contribution in [3.05, 3.63) is 52.3 Å². The molecule has 2 aromatic rings. The first-order chi connectivity index (χ1) is 6.77. The molecule has 0 amide bonds. The maximum Gasteiger partial charge on any atom is 0.196 e. The van der Waals surface area contributed by atoms with Crippen LogP contribution in [-0.4, -0.2) is 16.0 Å². The van der Waals surface area contributed by atoms with Crippen LogP contribution in [0, 0.1) is 0 Å². The summed E-state index contributed by atoms with van der Waals surface area (Å²) in [5.41, 5.74) is 1.24. The third-order valence-electron chi connectivity index (χ3n) is 1.87. The third kappa shape index (κ3) is 1.75. The number of aromatic nitrogens is 2. The number of hydrogen-bond acceptors (Lipinski definition) is 2. The quantitative estimate of drug-likeness (QED) is 0.833. The molecule has 0 aliphatic carbocycles. The first-order valence-corrected chi connectivity index (χ1v) is 4.86. The van der Waals surface area contributed by atoms with E-state index in [4.69, 9.17) is 0 Å². The van der Waals surface area contributed by atoms with Crippen molar-refractivity contribution < 1.29 is 4.79 Å². The first-order valence-electron chi connectivity index (χ1n) is 4.06. The summed E-state index contributed by atoms with van der Waals surface area (Å²) in [6, 6.07) is 7.24. The lowest BCUT2D eigenvalue weighted by atomic mass is 10.1. The first kappa shape index (κ1) is 9.15. The number of nitrogens with one attached hydrogen (secondary N) is 1. The predicted molar refractivity (Wildman–Crippen MR) is 56.2 cm³/mol. The van der Waals surface area contributed by atoms with Gasteiger partial charge in [0.2, 0.25) is 0 Å². The molecule has 1 aromatic heterocycles. The SMILES string of the molecule is O=C(c1ccc(Br)cc1)c1cn[nH]c1. The highest BCUT2D eigenvalue weighted by atomic mass is 79.9. The van der Waals surface area contributed by atoms with Crippen molar-refractivity contribution in [2.45, 2.75) is 0 Å².